The molecule has 3 rings (SSSR count). The monoisotopic (exact) mass is 394 g/mol. The van der Waals surface area contributed by atoms with Crippen molar-refractivity contribution in [2.75, 3.05) is 6.54 Å². The average Bonchev–Trinajstić information content (AvgIpc) is 3.41. The highest BCUT2D eigenvalue weighted by Crippen LogP contribution is 2.39. The molecular weight excluding hydrogens is 371 g/mol. The number of aryl methyl sites for hydroxylation is 1. The van der Waals surface area contributed by atoms with Crippen LogP contribution in [0.25, 0.3) is 5.69 Å². The van der Waals surface area contributed by atoms with E-state index in [1.807, 2.05) is 26.8 Å². The van der Waals surface area contributed by atoms with Crippen LogP contribution < -0.4 is 11.1 Å². The molecule has 1 aromatic heterocycles. The fraction of sp³-hybridized carbons (Fsp3) is 0.474. The van der Waals surface area contributed by atoms with E-state index in [2.05, 4.69) is 10.4 Å². The molecule has 1 aliphatic carbocycles. The van der Waals surface area contributed by atoms with Gasteiger partial charge in [0.2, 0.25) is 5.91 Å². The van der Waals surface area contributed by atoms with E-state index in [4.69, 9.17) is 28.9 Å². The molecule has 1 aliphatic rings. The van der Waals surface area contributed by atoms with Gasteiger partial charge >= 0.3 is 0 Å². The Bertz CT molecular complexity index is 844. The molecule has 1 amide bonds. The second kappa shape index (κ2) is 7.22. The third kappa shape index (κ3) is 3.75. The molecule has 0 spiro atoms. The highest BCUT2D eigenvalue weighted by molar-refractivity contribution is 6.42. The summed E-state index contributed by atoms with van der Waals surface area (Å²) in [6.07, 6.45) is 2.53. The fourth-order valence-corrected chi connectivity index (χ4v) is 3.65. The predicted octanol–water partition coefficient (Wildman–Crippen LogP) is 3.58. The molecule has 0 saturated heterocycles. The van der Waals surface area contributed by atoms with Gasteiger partial charge in [0.05, 0.1) is 33.4 Å². The van der Waals surface area contributed by atoms with Crippen molar-refractivity contribution in [2.24, 2.45) is 11.7 Å². The SMILES string of the molecule is Cc1nn(-c2ccc(Cl)c(Cl)c2)c(C)c1CC(=O)NC(C)(CN)C1CC1. The van der Waals surface area contributed by atoms with Gasteiger partial charge in [-0.15, -0.1) is 0 Å². The number of nitrogens with zero attached hydrogens (tertiary/aromatic N) is 2. The van der Waals surface area contributed by atoms with E-state index in [1.165, 1.54) is 0 Å². The van der Waals surface area contributed by atoms with Crippen LogP contribution in [-0.2, 0) is 11.2 Å². The Balaban J connectivity index is 1.81. The summed E-state index contributed by atoms with van der Waals surface area (Å²) in [6, 6.07) is 5.37. The van der Waals surface area contributed by atoms with Gasteiger partial charge in [-0.3, -0.25) is 4.79 Å². The van der Waals surface area contributed by atoms with E-state index in [0.717, 1.165) is 35.5 Å². The Morgan fingerprint density at radius 3 is 2.62 bits per heavy atom. The highest BCUT2D eigenvalue weighted by Gasteiger charge is 2.41. The number of benzene rings is 1. The first-order chi connectivity index (χ1) is 12.2. The van der Waals surface area contributed by atoms with Crippen molar-refractivity contribution in [2.45, 2.75) is 45.6 Å². The van der Waals surface area contributed by atoms with Crippen LogP contribution in [-0.4, -0.2) is 27.8 Å². The van der Waals surface area contributed by atoms with Crippen molar-refractivity contribution in [1.82, 2.24) is 15.1 Å². The van der Waals surface area contributed by atoms with E-state index in [-0.39, 0.29) is 17.9 Å². The van der Waals surface area contributed by atoms with E-state index in [9.17, 15) is 4.79 Å². The number of nitrogens with one attached hydrogen (secondary N) is 1. The largest absolute Gasteiger partial charge is 0.349 e. The molecule has 1 saturated carbocycles. The zero-order valence-corrected chi connectivity index (χ0v) is 16.8. The lowest BCUT2D eigenvalue weighted by Crippen LogP contribution is -2.53. The number of hydrogen-bond donors (Lipinski definition) is 2. The summed E-state index contributed by atoms with van der Waals surface area (Å²) in [4.78, 5) is 12.6. The Morgan fingerprint density at radius 1 is 1.35 bits per heavy atom. The number of carbonyl (C=O) groups excluding carboxylic acids is 1. The summed E-state index contributed by atoms with van der Waals surface area (Å²) in [7, 11) is 0. The molecule has 2 aromatic rings. The predicted molar refractivity (Wildman–Crippen MR) is 105 cm³/mol. The van der Waals surface area contributed by atoms with Gasteiger partial charge in [-0.1, -0.05) is 23.2 Å². The van der Waals surface area contributed by atoms with Gasteiger partial charge < -0.3 is 11.1 Å². The molecule has 3 N–H and O–H groups in total. The smallest absolute Gasteiger partial charge is 0.225 e. The summed E-state index contributed by atoms with van der Waals surface area (Å²) in [5.74, 6) is 0.460. The van der Waals surface area contributed by atoms with Crippen molar-refractivity contribution in [3.05, 3.63) is 45.2 Å². The first kappa shape index (κ1) is 19.2. The van der Waals surface area contributed by atoms with Gasteiger partial charge in [0.25, 0.3) is 0 Å². The van der Waals surface area contributed by atoms with Crippen molar-refractivity contribution in [3.63, 3.8) is 0 Å². The first-order valence-electron chi connectivity index (χ1n) is 8.77. The lowest BCUT2D eigenvalue weighted by atomic mass is 9.95. The van der Waals surface area contributed by atoms with E-state index >= 15 is 0 Å². The Morgan fingerprint density at radius 2 is 2.04 bits per heavy atom. The minimum atomic E-state index is -0.321. The number of nitrogens with two attached hydrogens (primary N) is 1. The van der Waals surface area contributed by atoms with Crippen LogP contribution in [0.2, 0.25) is 10.0 Å². The van der Waals surface area contributed by atoms with Gasteiger partial charge in [-0.05, 0) is 57.7 Å². The second-order valence-electron chi connectivity index (χ2n) is 7.28. The Hall–Kier alpha value is -1.56. The van der Waals surface area contributed by atoms with Gasteiger partial charge in [0.1, 0.15) is 0 Å². The average molecular weight is 395 g/mol. The molecule has 7 heteroatoms. The molecule has 1 atom stereocenters. The number of hydrogen-bond acceptors (Lipinski definition) is 3. The van der Waals surface area contributed by atoms with Gasteiger partial charge in [-0.25, -0.2) is 4.68 Å². The quantitative estimate of drug-likeness (QED) is 0.785. The normalized spacial score (nSPS) is 16.4. The zero-order valence-electron chi connectivity index (χ0n) is 15.3. The summed E-state index contributed by atoms with van der Waals surface area (Å²) in [5, 5.41) is 8.68. The molecule has 1 fully saturated rings. The van der Waals surface area contributed by atoms with Gasteiger partial charge in [-0.2, -0.15) is 5.10 Å². The highest BCUT2D eigenvalue weighted by atomic mass is 35.5. The maximum atomic E-state index is 12.6. The molecule has 0 aliphatic heterocycles. The van der Waals surface area contributed by atoms with Crippen LogP contribution in [0.1, 0.15) is 36.7 Å². The van der Waals surface area contributed by atoms with Gasteiger partial charge in [0.15, 0.2) is 0 Å². The minimum absolute atomic E-state index is 0.0234. The molecule has 1 unspecified atom stereocenters. The van der Waals surface area contributed by atoms with Crippen molar-refractivity contribution in [1.29, 1.82) is 0 Å². The summed E-state index contributed by atoms with van der Waals surface area (Å²) in [6.45, 7) is 6.34. The number of carbonyl (C=O) groups is 1. The topological polar surface area (TPSA) is 72.9 Å². The lowest BCUT2D eigenvalue weighted by molar-refractivity contribution is -0.122. The van der Waals surface area contributed by atoms with Crippen LogP contribution in [0, 0.1) is 19.8 Å². The standard InChI is InChI=1S/C19H24Cl2N4O/c1-11-15(9-18(26)23-19(3,10-22)13-4-5-13)12(2)25(24-11)14-6-7-16(20)17(21)8-14/h6-8,13H,4-5,9-10,22H2,1-3H3,(H,23,26). The maximum absolute atomic E-state index is 12.6. The molecule has 140 valence electrons. The second-order valence-corrected chi connectivity index (χ2v) is 8.09. The van der Waals surface area contributed by atoms with E-state index < -0.39 is 0 Å². The number of halogens is 2. The van der Waals surface area contributed by atoms with Crippen molar-refractivity contribution in [3.8, 4) is 5.69 Å². The van der Waals surface area contributed by atoms with Crippen LogP contribution in [0.4, 0.5) is 0 Å². The molecule has 1 aromatic carbocycles. The van der Waals surface area contributed by atoms with E-state index in [1.54, 1.807) is 16.8 Å². The molecule has 0 bridgehead atoms. The Kier molecular flexibility index (Phi) is 5.33. The summed E-state index contributed by atoms with van der Waals surface area (Å²) in [5.41, 5.74) is 9.05. The van der Waals surface area contributed by atoms with Crippen LogP contribution in [0.3, 0.4) is 0 Å². The van der Waals surface area contributed by atoms with E-state index in [0.29, 0.717) is 22.5 Å². The van der Waals surface area contributed by atoms with Gasteiger partial charge in [0, 0.05) is 17.8 Å². The number of amides is 1. The molecule has 1 heterocycles. The third-order valence-electron chi connectivity index (χ3n) is 5.25. The minimum Gasteiger partial charge on any atom is -0.349 e. The molecular formula is C19H24Cl2N4O. The number of rotatable bonds is 6. The fourth-order valence-electron chi connectivity index (χ4n) is 3.36. The maximum Gasteiger partial charge on any atom is 0.225 e. The molecule has 0 radical (unpaired) electrons. The first-order valence-corrected chi connectivity index (χ1v) is 9.52. The summed E-state index contributed by atoms with van der Waals surface area (Å²) < 4.78 is 1.79. The van der Waals surface area contributed by atoms with Crippen LogP contribution in [0.5, 0.6) is 0 Å². The Labute approximate surface area is 163 Å². The number of aromatic nitrogens is 2. The third-order valence-corrected chi connectivity index (χ3v) is 5.99. The zero-order chi connectivity index (χ0) is 19.1. The molecule has 5 nitrogen and oxygen atoms in total. The van der Waals surface area contributed by atoms with Crippen molar-refractivity contribution < 1.29 is 4.79 Å². The van der Waals surface area contributed by atoms with Crippen molar-refractivity contribution >= 4 is 29.1 Å². The summed E-state index contributed by atoms with van der Waals surface area (Å²) >= 11 is 12.1. The molecule has 26 heavy (non-hydrogen) atoms. The van der Waals surface area contributed by atoms with Crippen LogP contribution in [0.15, 0.2) is 18.2 Å². The van der Waals surface area contributed by atoms with Crippen LogP contribution >= 0.6 is 23.2 Å². The lowest BCUT2D eigenvalue weighted by Gasteiger charge is -2.29.